The molecule has 2 saturated heterocycles. The van der Waals surface area contributed by atoms with E-state index >= 15 is 4.79 Å². The van der Waals surface area contributed by atoms with Gasteiger partial charge in [0, 0.05) is 71.5 Å². The van der Waals surface area contributed by atoms with Gasteiger partial charge in [-0.2, -0.15) is 0 Å². The largest absolute Gasteiger partial charge is 0.478 e. The SMILES string of the molecule is CCC[C@H](NC)C(=O)O[C@H](C)C(=O)N(C)[C@@H](CC(C)C)C(=O)O[C@H](Cc1ccc(N2CCOCC2)cc1)C(=O)N(C)[C@@H](CC(C)C)C(C)O[C@H](C)C(=O)N(C)[C@@H](CC(C)C)C(=O)O[C@H](Cc1ccc(N2CCOCC2)cc1)C(=O)O. The lowest BCUT2D eigenvalue weighted by Crippen LogP contribution is -2.54. The number of carbonyl (C=O) groups excluding carboxylic acids is 6. The molecule has 0 radical (unpaired) electrons. The Bertz CT molecular complexity index is 2290. The molecule has 80 heavy (non-hydrogen) atoms. The first kappa shape index (κ1) is 66.7. The van der Waals surface area contributed by atoms with Crippen molar-refractivity contribution in [2.45, 2.75) is 169 Å². The molecular weight excluding hydrogens is 1030 g/mol. The Morgan fingerprint density at radius 1 is 0.562 bits per heavy atom. The van der Waals surface area contributed by atoms with Crippen LogP contribution in [0.4, 0.5) is 11.4 Å². The number of carboxylic acids is 1. The second-order valence-electron chi connectivity index (χ2n) is 22.7. The van der Waals surface area contributed by atoms with E-state index in [0.29, 0.717) is 56.8 Å². The zero-order valence-corrected chi connectivity index (χ0v) is 50.1. The van der Waals surface area contributed by atoms with Crippen LogP contribution < -0.4 is 15.1 Å². The number of nitrogens with zero attached hydrogens (tertiary/aromatic N) is 5. The summed E-state index contributed by atoms with van der Waals surface area (Å²) >= 11 is 0. The zero-order chi connectivity index (χ0) is 59.4. The van der Waals surface area contributed by atoms with Crippen LogP contribution in [0.2, 0.25) is 0 Å². The first-order chi connectivity index (χ1) is 37.9. The Morgan fingerprint density at radius 2 is 0.975 bits per heavy atom. The fraction of sp³-hybridized carbons (Fsp3) is 0.683. The van der Waals surface area contributed by atoms with Gasteiger partial charge in [0.15, 0.2) is 12.2 Å². The van der Waals surface area contributed by atoms with E-state index in [1.54, 1.807) is 27.9 Å². The predicted octanol–water partition coefficient (Wildman–Crippen LogP) is 5.79. The minimum absolute atomic E-state index is 0.0121. The van der Waals surface area contributed by atoms with Crippen molar-refractivity contribution in [1.29, 1.82) is 0 Å². The molecule has 1 unspecified atom stereocenters. The minimum Gasteiger partial charge on any atom is -0.478 e. The summed E-state index contributed by atoms with van der Waals surface area (Å²) in [5.41, 5.74) is 3.34. The molecule has 2 fully saturated rings. The first-order valence-electron chi connectivity index (χ1n) is 28.7. The third-order valence-corrected chi connectivity index (χ3v) is 14.8. The Balaban J connectivity index is 1.57. The third kappa shape index (κ3) is 20.0. The quantitative estimate of drug-likeness (QED) is 0.0674. The van der Waals surface area contributed by atoms with Crippen LogP contribution in [0.1, 0.15) is 112 Å². The van der Waals surface area contributed by atoms with Gasteiger partial charge in [0.2, 0.25) is 6.10 Å². The molecule has 2 N–H and O–H groups in total. The number of hydrogen-bond donors (Lipinski definition) is 2. The molecule has 448 valence electrons. The molecule has 9 atom stereocenters. The number of carboxylic acid groups (broad SMARTS) is 1. The van der Waals surface area contributed by atoms with Crippen molar-refractivity contribution in [2.24, 2.45) is 17.8 Å². The van der Waals surface area contributed by atoms with Crippen molar-refractivity contribution >= 4 is 53.0 Å². The molecule has 0 aromatic heterocycles. The molecule has 20 nitrogen and oxygen atoms in total. The summed E-state index contributed by atoms with van der Waals surface area (Å²) in [6.45, 7) is 23.6. The van der Waals surface area contributed by atoms with Crippen LogP contribution in [0.15, 0.2) is 48.5 Å². The molecule has 0 aliphatic carbocycles. The Kier molecular flexibility index (Phi) is 27.1. The summed E-state index contributed by atoms with van der Waals surface area (Å²) in [6, 6.07) is 11.6. The highest BCUT2D eigenvalue weighted by atomic mass is 16.6. The van der Waals surface area contributed by atoms with Crippen LogP contribution in [-0.2, 0) is 74.8 Å². The van der Waals surface area contributed by atoms with Crippen LogP contribution in [-0.4, -0.2) is 197 Å². The number of morpholine rings is 2. The van der Waals surface area contributed by atoms with E-state index in [9.17, 15) is 33.9 Å². The lowest BCUT2D eigenvalue weighted by atomic mass is 9.97. The van der Waals surface area contributed by atoms with Gasteiger partial charge in [-0.15, -0.1) is 0 Å². The number of anilines is 2. The second-order valence-corrected chi connectivity index (χ2v) is 22.7. The van der Waals surface area contributed by atoms with Crippen molar-refractivity contribution in [2.75, 3.05) is 90.6 Å². The molecule has 2 aliphatic heterocycles. The van der Waals surface area contributed by atoms with Crippen LogP contribution in [0.25, 0.3) is 0 Å². The van der Waals surface area contributed by atoms with Gasteiger partial charge in [0.25, 0.3) is 17.7 Å². The summed E-state index contributed by atoms with van der Waals surface area (Å²) < 4.78 is 35.1. The van der Waals surface area contributed by atoms with Gasteiger partial charge in [-0.25, -0.2) is 14.4 Å². The van der Waals surface area contributed by atoms with E-state index in [1.165, 1.54) is 35.7 Å². The van der Waals surface area contributed by atoms with E-state index in [1.807, 2.05) is 97.0 Å². The Hall–Kier alpha value is -5.83. The Morgan fingerprint density at radius 3 is 1.38 bits per heavy atom. The zero-order valence-electron chi connectivity index (χ0n) is 50.1. The molecule has 0 saturated carbocycles. The number of esters is 3. The first-order valence-corrected chi connectivity index (χ1v) is 28.7. The van der Waals surface area contributed by atoms with Crippen LogP contribution >= 0.6 is 0 Å². The van der Waals surface area contributed by atoms with E-state index in [0.717, 1.165) is 37.6 Å². The topological polar surface area (TPSA) is 223 Å². The molecular formula is C60H94N6O14. The molecule has 0 bridgehead atoms. The molecule has 20 heteroatoms. The number of hydrogen-bond acceptors (Lipinski definition) is 16. The summed E-state index contributed by atoms with van der Waals surface area (Å²) in [7, 11) is 6.18. The highest BCUT2D eigenvalue weighted by Gasteiger charge is 2.40. The molecule has 2 heterocycles. The van der Waals surface area contributed by atoms with Crippen molar-refractivity contribution in [3.05, 3.63) is 59.7 Å². The lowest BCUT2D eigenvalue weighted by Gasteiger charge is -2.38. The maximum Gasteiger partial charge on any atom is 0.345 e. The van der Waals surface area contributed by atoms with Crippen molar-refractivity contribution in [3.63, 3.8) is 0 Å². The Labute approximate surface area is 475 Å². The summed E-state index contributed by atoms with van der Waals surface area (Å²) in [6.07, 6.45) is -4.13. The van der Waals surface area contributed by atoms with Crippen LogP contribution in [0.3, 0.4) is 0 Å². The van der Waals surface area contributed by atoms with Gasteiger partial charge in [0.05, 0.1) is 38.6 Å². The standard InChI is InChI=1S/C60H94N6O14/c1-15-16-48(61-11)58(72)78-43(10)55(68)64(14)50(34-39(4)5)59(73)79-52(36-44-17-21-46(22-18-44)65-25-29-75-30-26-65)56(69)62(12)49(33-38(2)3)41(8)77-42(9)54(67)63(13)51(35-40(6)7)60(74)80-53(57(70)71)37-45-19-23-47(24-20-45)66-27-31-76-32-28-66/h17-24,38-43,48-53,61H,15-16,25-37H2,1-14H3,(H,70,71)/t41?,42-,43-,48+,49+,50+,51+,52-,53-/m1/s1. The number of likely N-dealkylation sites (N-methyl/N-ethyl adjacent to an activating group) is 4. The number of carbonyl (C=O) groups is 7. The number of rotatable bonds is 31. The van der Waals surface area contributed by atoms with Gasteiger partial charge in [-0.3, -0.25) is 19.2 Å². The maximum atomic E-state index is 15.1. The van der Waals surface area contributed by atoms with Gasteiger partial charge >= 0.3 is 23.9 Å². The molecule has 2 aliphatic rings. The summed E-state index contributed by atoms with van der Waals surface area (Å²) in [4.78, 5) is 106. The predicted molar refractivity (Wildman–Crippen MR) is 305 cm³/mol. The fourth-order valence-electron chi connectivity index (χ4n) is 10.1. The average molecular weight is 1120 g/mol. The molecule has 0 spiro atoms. The molecule has 3 amide bonds. The number of amides is 3. The summed E-state index contributed by atoms with van der Waals surface area (Å²) in [5.74, 6) is -5.44. The van der Waals surface area contributed by atoms with Crippen LogP contribution in [0.5, 0.6) is 0 Å². The fourth-order valence-corrected chi connectivity index (χ4v) is 10.1. The van der Waals surface area contributed by atoms with Gasteiger partial charge in [-0.1, -0.05) is 79.2 Å². The lowest BCUT2D eigenvalue weighted by molar-refractivity contribution is -0.173. The normalized spacial score (nSPS) is 17.3. The highest BCUT2D eigenvalue weighted by molar-refractivity contribution is 5.91. The van der Waals surface area contributed by atoms with Crippen molar-refractivity contribution in [1.82, 2.24) is 20.0 Å². The molecule has 4 rings (SSSR count). The van der Waals surface area contributed by atoms with E-state index < -0.39 is 96.3 Å². The van der Waals surface area contributed by atoms with Gasteiger partial charge < -0.3 is 63.3 Å². The third-order valence-electron chi connectivity index (χ3n) is 14.8. The number of aliphatic carboxylic acids is 1. The van der Waals surface area contributed by atoms with Gasteiger partial charge in [-0.05, 0) is 107 Å². The van der Waals surface area contributed by atoms with Crippen molar-refractivity contribution in [3.8, 4) is 0 Å². The average Bonchev–Trinajstić information content (AvgIpc) is 3.43. The monoisotopic (exact) mass is 1120 g/mol. The van der Waals surface area contributed by atoms with E-state index in [2.05, 4.69) is 15.1 Å². The minimum atomic E-state index is -1.52. The summed E-state index contributed by atoms with van der Waals surface area (Å²) in [5, 5.41) is 13.2. The van der Waals surface area contributed by atoms with Gasteiger partial charge in [0.1, 0.15) is 24.2 Å². The smallest absolute Gasteiger partial charge is 0.345 e. The number of ether oxygens (including phenoxy) is 6. The highest BCUT2D eigenvalue weighted by Crippen LogP contribution is 2.26. The molecule has 2 aromatic rings. The number of benzene rings is 2. The van der Waals surface area contributed by atoms with E-state index in [-0.39, 0.29) is 43.4 Å². The number of nitrogens with one attached hydrogen (secondary N) is 1. The van der Waals surface area contributed by atoms with Crippen molar-refractivity contribution < 1.29 is 67.1 Å². The molecule has 2 aromatic carbocycles. The van der Waals surface area contributed by atoms with E-state index in [4.69, 9.17) is 28.4 Å². The second kappa shape index (κ2) is 32.6. The van der Waals surface area contributed by atoms with Crippen LogP contribution in [0, 0.1) is 17.8 Å². The maximum absolute atomic E-state index is 15.1.